The Morgan fingerprint density at radius 3 is 2.00 bits per heavy atom. The molecule has 0 fully saturated rings. The molecule has 1 aromatic carbocycles. The number of hydrogen-bond acceptors (Lipinski definition) is 2. The highest BCUT2D eigenvalue weighted by atomic mass is 16.7. The van der Waals surface area contributed by atoms with Gasteiger partial charge in [-0.3, -0.25) is 0 Å². The number of ether oxygens (including phenoxy) is 2. The first-order valence-electron chi connectivity index (χ1n) is 6.27. The van der Waals surface area contributed by atoms with Crippen LogP contribution in [0.15, 0.2) is 30.8 Å². The number of hydrogen-bond donors (Lipinski definition) is 0. The topological polar surface area (TPSA) is 18.5 Å². The van der Waals surface area contributed by atoms with E-state index in [1.54, 1.807) is 0 Å². The van der Waals surface area contributed by atoms with E-state index in [1.165, 1.54) is 0 Å². The number of rotatable bonds is 8. The molecule has 0 aromatic heterocycles. The summed E-state index contributed by atoms with van der Waals surface area (Å²) in [6, 6.07) is 8.12. The second-order valence-corrected chi connectivity index (χ2v) is 3.94. The molecule has 2 heteroatoms. The molecule has 0 spiro atoms. The maximum Gasteiger partial charge on any atom is 0.183 e. The molecule has 17 heavy (non-hydrogen) atoms. The van der Waals surface area contributed by atoms with Crippen molar-refractivity contribution in [1.82, 2.24) is 0 Å². The Morgan fingerprint density at radius 2 is 1.59 bits per heavy atom. The largest absolute Gasteiger partial charge is 0.348 e. The molecule has 0 amide bonds. The zero-order chi connectivity index (χ0) is 12.5. The summed E-state index contributed by atoms with van der Waals surface area (Å²) in [6.45, 7) is 9.37. The Morgan fingerprint density at radius 1 is 1.06 bits per heavy atom. The second-order valence-electron chi connectivity index (χ2n) is 3.94. The van der Waals surface area contributed by atoms with Crippen LogP contribution in [0.2, 0.25) is 0 Å². The van der Waals surface area contributed by atoms with Crippen LogP contribution in [-0.4, -0.2) is 13.2 Å². The van der Waals surface area contributed by atoms with Crippen LogP contribution in [0.5, 0.6) is 0 Å². The Kier molecular flexibility index (Phi) is 6.60. The molecule has 0 aliphatic heterocycles. The summed E-state index contributed by atoms with van der Waals surface area (Å²) in [6.07, 6.45) is 3.58. The van der Waals surface area contributed by atoms with E-state index in [9.17, 15) is 0 Å². The van der Waals surface area contributed by atoms with Gasteiger partial charge in [0.05, 0.1) is 0 Å². The molecular formula is C15H22O2. The molecule has 0 unspecified atom stereocenters. The Labute approximate surface area is 104 Å². The van der Waals surface area contributed by atoms with Crippen molar-refractivity contribution in [2.75, 3.05) is 13.2 Å². The van der Waals surface area contributed by atoms with Crippen molar-refractivity contribution in [3.05, 3.63) is 42.0 Å². The van der Waals surface area contributed by atoms with Crippen molar-refractivity contribution in [1.29, 1.82) is 0 Å². The van der Waals surface area contributed by atoms with Crippen molar-refractivity contribution >= 4 is 6.08 Å². The molecule has 0 saturated carbocycles. The van der Waals surface area contributed by atoms with Gasteiger partial charge >= 0.3 is 0 Å². The maximum atomic E-state index is 5.70. The van der Waals surface area contributed by atoms with Crippen LogP contribution in [0.1, 0.15) is 44.1 Å². The van der Waals surface area contributed by atoms with Gasteiger partial charge in [-0.15, -0.1) is 0 Å². The molecule has 0 aliphatic rings. The molecule has 94 valence electrons. The molecule has 1 rings (SSSR count). The Hall–Kier alpha value is -1.12. The summed E-state index contributed by atoms with van der Waals surface area (Å²) in [4.78, 5) is 0. The van der Waals surface area contributed by atoms with Crippen molar-refractivity contribution < 1.29 is 9.47 Å². The SMILES string of the molecule is C=Cc1ccc(C(OCCC)OCCC)cc1. The molecule has 0 bridgehead atoms. The molecule has 0 N–H and O–H groups in total. The molecular weight excluding hydrogens is 212 g/mol. The Bertz CT molecular complexity index is 308. The minimum absolute atomic E-state index is 0.242. The van der Waals surface area contributed by atoms with Gasteiger partial charge < -0.3 is 9.47 Å². The van der Waals surface area contributed by atoms with Gasteiger partial charge in [-0.1, -0.05) is 50.8 Å². The fourth-order valence-electron chi connectivity index (χ4n) is 1.48. The average Bonchev–Trinajstić information content (AvgIpc) is 2.39. The van der Waals surface area contributed by atoms with E-state index in [2.05, 4.69) is 20.4 Å². The molecule has 0 aliphatic carbocycles. The van der Waals surface area contributed by atoms with E-state index in [0.29, 0.717) is 0 Å². The van der Waals surface area contributed by atoms with Gasteiger partial charge in [0, 0.05) is 18.8 Å². The fourth-order valence-corrected chi connectivity index (χ4v) is 1.48. The van der Waals surface area contributed by atoms with Crippen molar-refractivity contribution in [3.8, 4) is 0 Å². The summed E-state index contributed by atoms with van der Waals surface area (Å²) in [5.41, 5.74) is 2.18. The molecule has 0 radical (unpaired) electrons. The third-order valence-electron chi connectivity index (χ3n) is 2.39. The lowest BCUT2D eigenvalue weighted by atomic mass is 10.1. The molecule has 0 heterocycles. The second kappa shape index (κ2) is 8.04. The predicted octanol–water partition coefficient (Wildman–Crippen LogP) is 4.18. The fraction of sp³-hybridized carbons (Fsp3) is 0.467. The van der Waals surface area contributed by atoms with E-state index in [0.717, 1.165) is 37.2 Å². The van der Waals surface area contributed by atoms with Crippen molar-refractivity contribution in [2.45, 2.75) is 33.0 Å². The van der Waals surface area contributed by atoms with E-state index in [1.807, 2.05) is 30.3 Å². The first-order valence-corrected chi connectivity index (χ1v) is 6.27. The first-order chi connectivity index (χ1) is 8.31. The van der Waals surface area contributed by atoms with Gasteiger partial charge in [-0.2, -0.15) is 0 Å². The highest BCUT2D eigenvalue weighted by molar-refractivity contribution is 5.47. The maximum absolute atomic E-state index is 5.70. The third-order valence-corrected chi connectivity index (χ3v) is 2.39. The molecule has 0 saturated heterocycles. The summed E-state index contributed by atoms with van der Waals surface area (Å²) >= 11 is 0. The van der Waals surface area contributed by atoms with Gasteiger partial charge in [0.25, 0.3) is 0 Å². The van der Waals surface area contributed by atoms with Gasteiger partial charge in [-0.05, 0) is 18.4 Å². The quantitative estimate of drug-likeness (QED) is 0.628. The van der Waals surface area contributed by atoms with Crippen LogP contribution in [-0.2, 0) is 9.47 Å². The summed E-state index contributed by atoms with van der Waals surface area (Å²) in [7, 11) is 0. The summed E-state index contributed by atoms with van der Waals surface area (Å²) < 4.78 is 11.4. The molecule has 2 nitrogen and oxygen atoms in total. The van der Waals surface area contributed by atoms with Crippen molar-refractivity contribution in [3.63, 3.8) is 0 Å². The Balaban J connectivity index is 2.68. The molecule has 1 aromatic rings. The first kappa shape index (κ1) is 13.9. The van der Waals surface area contributed by atoms with Crippen LogP contribution >= 0.6 is 0 Å². The zero-order valence-corrected chi connectivity index (χ0v) is 10.8. The van der Waals surface area contributed by atoms with E-state index < -0.39 is 0 Å². The number of benzene rings is 1. The zero-order valence-electron chi connectivity index (χ0n) is 10.8. The lowest BCUT2D eigenvalue weighted by Crippen LogP contribution is -2.10. The van der Waals surface area contributed by atoms with Gasteiger partial charge in [-0.25, -0.2) is 0 Å². The van der Waals surface area contributed by atoms with Crippen molar-refractivity contribution in [2.24, 2.45) is 0 Å². The van der Waals surface area contributed by atoms with Gasteiger partial charge in [0.1, 0.15) is 0 Å². The van der Waals surface area contributed by atoms with E-state index in [4.69, 9.17) is 9.47 Å². The summed E-state index contributed by atoms with van der Waals surface area (Å²) in [5, 5.41) is 0. The minimum atomic E-state index is -0.242. The summed E-state index contributed by atoms with van der Waals surface area (Å²) in [5.74, 6) is 0. The van der Waals surface area contributed by atoms with Gasteiger partial charge in [0.2, 0.25) is 0 Å². The normalized spacial score (nSPS) is 10.8. The highest BCUT2D eigenvalue weighted by Gasteiger charge is 2.11. The smallest absolute Gasteiger partial charge is 0.183 e. The molecule has 0 atom stereocenters. The van der Waals surface area contributed by atoms with Gasteiger partial charge in [0.15, 0.2) is 6.29 Å². The van der Waals surface area contributed by atoms with Crippen LogP contribution in [0.3, 0.4) is 0 Å². The lowest BCUT2D eigenvalue weighted by molar-refractivity contribution is -0.146. The van der Waals surface area contributed by atoms with E-state index in [-0.39, 0.29) is 6.29 Å². The lowest BCUT2D eigenvalue weighted by Gasteiger charge is -2.18. The van der Waals surface area contributed by atoms with Crippen LogP contribution in [0.4, 0.5) is 0 Å². The van der Waals surface area contributed by atoms with Crippen LogP contribution in [0, 0.1) is 0 Å². The van der Waals surface area contributed by atoms with Crippen LogP contribution in [0.25, 0.3) is 6.08 Å². The van der Waals surface area contributed by atoms with Crippen LogP contribution < -0.4 is 0 Å². The predicted molar refractivity (Wildman–Crippen MR) is 71.8 cm³/mol. The monoisotopic (exact) mass is 234 g/mol. The average molecular weight is 234 g/mol. The third kappa shape index (κ3) is 4.72. The highest BCUT2D eigenvalue weighted by Crippen LogP contribution is 2.20. The van der Waals surface area contributed by atoms with E-state index >= 15 is 0 Å². The minimum Gasteiger partial charge on any atom is -0.348 e. The standard InChI is InChI=1S/C15H22O2/c1-4-11-16-15(17-12-5-2)14-9-7-13(6-3)8-10-14/h6-10,15H,3-5,11-12H2,1-2H3.